The van der Waals surface area contributed by atoms with E-state index in [2.05, 4.69) is 179 Å². The molecule has 0 atom stereocenters. The van der Waals surface area contributed by atoms with Gasteiger partial charge in [-0.25, -0.2) is 9.50 Å². The molecule has 0 unspecified atom stereocenters. The predicted molar refractivity (Wildman–Crippen MR) is 218 cm³/mol. The third kappa shape index (κ3) is 5.45. The summed E-state index contributed by atoms with van der Waals surface area (Å²) in [6, 6.07) is 59.7. The van der Waals surface area contributed by atoms with Crippen molar-refractivity contribution in [2.24, 2.45) is 0 Å². The summed E-state index contributed by atoms with van der Waals surface area (Å²) in [5.41, 5.74) is 13.0. The van der Waals surface area contributed by atoms with E-state index in [0.717, 1.165) is 68.6 Å². The third-order valence-corrected chi connectivity index (χ3v) is 9.99. The van der Waals surface area contributed by atoms with Crippen LogP contribution in [0.1, 0.15) is 5.56 Å². The van der Waals surface area contributed by atoms with Crippen LogP contribution in [-0.4, -0.2) is 25.7 Å². The van der Waals surface area contributed by atoms with Crippen LogP contribution in [0.15, 0.2) is 182 Å². The molecule has 1 aliphatic rings. The Morgan fingerprint density at radius 2 is 1.25 bits per heavy atom. The Morgan fingerprint density at radius 1 is 0.566 bits per heavy atom. The molecule has 53 heavy (non-hydrogen) atoms. The molecule has 0 fully saturated rings. The van der Waals surface area contributed by atoms with Crippen LogP contribution in [0.25, 0.3) is 62.0 Å². The van der Waals surface area contributed by atoms with Crippen LogP contribution in [0.4, 0.5) is 22.9 Å². The zero-order valence-electron chi connectivity index (χ0n) is 28.8. The van der Waals surface area contributed by atoms with Crippen molar-refractivity contribution in [2.75, 3.05) is 16.8 Å². The maximum Gasteiger partial charge on any atom is 0.182 e. The summed E-state index contributed by atoms with van der Waals surface area (Å²) in [7, 11) is 0. The minimum absolute atomic E-state index is 0.693. The molecule has 0 saturated carbocycles. The van der Waals surface area contributed by atoms with Crippen molar-refractivity contribution < 1.29 is 0 Å². The van der Waals surface area contributed by atoms with Gasteiger partial charge in [0.15, 0.2) is 11.5 Å². The maximum atomic E-state index is 5.06. The van der Waals surface area contributed by atoms with Gasteiger partial charge in [0.05, 0.1) is 5.52 Å². The van der Waals surface area contributed by atoms with E-state index in [9.17, 15) is 0 Å². The number of hydrogen-bond donors (Lipinski definition) is 1. The SMILES string of the molecule is C1=Cc2c(n(-c3cccc(-c4ccc(-c5nc6c(-c7ccc(N(c8ccccc8)c8ccccc8)cc7)cccn6n5)cc4)c3)c3ccccc23)NC1. The van der Waals surface area contributed by atoms with Gasteiger partial charge in [0.25, 0.3) is 0 Å². The highest BCUT2D eigenvalue weighted by Gasteiger charge is 2.19. The van der Waals surface area contributed by atoms with Gasteiger partial charge < -0.3 is 10.2 Å². The Bertz CT molecular complexity index is 2720. The van der Waals surface area contributed by atoms with Gasteiger partial charge in [0, 0.05) is 57.6 Å². The number of aromatic nitrogens is 4. The van der Waals surface area contributed by atoms with Crippen molar-refractivity contribution >= 4 is 45.5 Å². The number of anilines is 4. The number of para-hydroxylation sites is 3. The van der Waals surface area contributed by atoms with E-state index in [1.807, 2.05) is 28.9 Å². The van der Waals surface area contributed by atoms with Gasteiger partial charge in [0.1, 0.15) is 5.82 Å². The summed E-state index contributed by atoms with van der Waals surface area (Å²) in [6.45, 7) is 0.817. The fourth-order valence-electron chi connectivity index (χ4n) is 7.49. The number of pyridine rings is 1. The van der Waals surface area contributed by atoms with Crippen molar-refractivity contribution in [1.29, 1.82) is 0 Å². The van der Waals surface area contributed by atoms with Crippen LogP contribution in [0.2, 0.25) is 0 Å². The summed E-state index contributed by atoms with van der Waals surface area (Å²) in [5.74, 6) is 1.83. The Hall–Kier alpha value is -7.18. The fourth-order valence-corrected chi connectivity index (χ4v) is 7.49. The third-order valence-electron chi connectivity index (χ3n) is 9.99. The van der Waals surface area contributed by atoms with Gasteiger partial charge in [-0.3, -0.25) is 4.57 Å². The van der Waals surface area contributed by atoms with Gasteiger partial charge in [-0.05, 0) is 83.4 Å². The standard InChI is InChI=1S/C47H34N6/c1-3-13-37(14-4-1)52(38-15-5-2-6-16-38)39-28-26-34(27-29-39)41-20-11-31-51-47(41)49-45(50-51)35-24-22-33(23-25-35)36-12-9-17-40(32-36)53-44-21-8-7-18-42(44)43-19-10-30-48-46(43)53/h1-29,31-32,48H,30H2. The van der Waals surface area contributed by atoms with E-state index in [1.165, 1.54) is 16.5 Å². The minimum atomic E-state index is 0.693. The molecule has 0 spiro atoms. The van der Waals surface area contributed by atoms with Gasteiger partial charge in [-0.15, -0.1) is 5.10 Å². The number of fused-ring (bicyclic) bond motifs is 4. The van der Waals surface area contributed by atoms with Crippen LogP contribution in [-0.2, 0) is 0 Å². The van der Waals surface area contributed by atoms with Crippen LogP contribution in [0, 0.1) is 0 Å². The molecule has 4 heterocycles. The molecule has 9 aromatic rings. The van der Waals surface area contributed by atoms with Gasteiger partial charge in [-0.2, -0.15) is 0 Å². The smallest absolute Gasteiger partial charge is 0.182 e. The second kappa shape index (κ2) is 12.9. The van der Waals surface area contributed by atoms with E-state index in [1.54, 1.807) is 0 Å². The zero-order valence-corrected chi connectivity index (χ0v) is 28.8. The quantitative estimate of drug-likeness (QED) is 0.182. The van der Waals surface area contributed by atoms with Crippen molar-refractivity contribution in [2.45, 2.75) is 0 Å². The highest BCUT2D eigenvalue weighted by molar-refractivity contribution is 5.98. The van der Waals surface area contributed by atoms with Crippen LogP contribution >= 0.6 is 0 Å². The zero-order chi connectivity index (χ0) is 35.1. The average Bonchev–Trinajstić information content (AvgIpc) is 3.82. The predicted octanol–water partition coefficient (Wildman–Crippen LogP) is 11.6. The molecule has 6 aromatic carbocycles. The Morgan fingerprint density at radius 3 is 2.02 bits per heavy atom. The lowest BCUT2D eigenvalue weighted by Gasteiger charge is -2.25. The van der Waals surface area contributed by atoms with E-state index < -0.39 is 0 Å². The van der Waals surface area contributed by atoms with Crippen LogP contribution in [0.5, 0.6) is 0 Å². The molecular weight excluding hydrogens is 649 g/mol. The molecule has 10 rings (SSSR count). The summed E-state index contributed by atoms with van der Waals surface area (Å²) >= 11 is 0. The second-order valence-electron chi connectivity index (χ2n) is 13.2. The lowest BCUT2D eigenvalue weighted by Crippen LogP contribution is -2.09. The lowest BCUT2D eigenvalue weighted by atomic mass is 10.0. The maximum absolute atomic E-state index is 5.06. The molecule has 0 aliphatic carbocycles. The Balaban J connectivity index is 0.951. The monoisotopic (exact) mass is 682 g/mol. The number of hydrogen-bond acceptors (Lipinski definition) is 4. The first-order valence-corrected chi connectivity index (χ1v) is 17.9. The first-order valence-electron chi connectivity index (χ1n) is 17.9. The molecule has 3 aromatic heterocycles. The van der Waals surface area contributed by atoms with Gasteiger partial charge in [-0.1, -0.05) is 115 Å². The van der Waals surface area contributed by atoms with Crippen LogP contribution < -0.4 is 10.2 Å². The molecular formula is C47H34N6. The summed E-state index contributed by atoms with van der Waals surface area (Å²) in [5, 5.41) is 9.75. The van der Waals surface area contributed by atoms with E-state index in [0.29, 0.717) is 5.82 Å². The number of rotatable bonds is 7. The Kier molecular flexibility index (Phi) is 7.43. The van der Waals surface area contributed by atoms with Gasteiger partial charge in [0.2, 0.25) is 0 Å². The molecule has 0 bridgehead atoms. The van der Waals surface area contributed by atoms with Crippen molar-refractivity contribution in [3.05, 3.63) is 188 Å². The second-order valence-corrected chi connectivity index (χ2v) is 13.2. The average molecular weight is 683 g/mol. The minimum Gasteiger partial charge on any atom is -0.367 e. The van der Waals surface area contributed by atoms with Gasteiger partial charge >= 0.3 is 0 Å². The summed E-state index contributed by atoms with van der Waals surface area (Å²) < 4.78 is 4.21. The Labute approximate surface area is 307 Å². The highest BCUT2D eigenvalue weighted by atomic mass is 15.3. The van der Waals surface area contributed by atoms with Crippen LogP contribution in [0.3, 0.4) is 0 Å². The topological polar surface area (TPSA) is 50.4 Å². The normalized spacial score (nSPS) is 12.2. The molecule has 1 aliphatic heterocycles. The highest BCUT2D eigenvalue weighted by Crippen LogP contribution is 2.38. The lowest BCUT2D eigenvalue weighted by molar-refractivity contribution is 0.967. The van der Waals surface area contributed by atoms with Crippen molar-refractivity contribution in [1.82, 2.24) is 19.2 Å². The first kappa shape index (κ1) is 30.6. The van der Waals surface area contributed by atoms with Crippen molar-refractivity contribution in [3.8, 4) is 39.3 Å². The van der Waals surface area contributed by atoms with E-state index in [-0.39, 0.29) is 0 Å². The molecule has 1 N–H and O–H groups in total. The van der Waals surface area contributed by atoms with E-state index in [4.69, 9.17) is 10.1 Å². The fraction of sp³-hybridized carbons (Fsp3) is 0.0213. The number of benzene rings is 6. The van der Waals surface area contributed by atoms with E-state index >= 15 is 0 Å². The summed E-state index contributed by atoms with van der Waals surface area (Å²) in [4.78, 5) is 7.33. The summed E-state index contributed by atoms with van der Waals surface area (Å²) in [6.07, 6.45) is 6.37. The molecule has 0 amide bonds. The molecule has 6 nitrogen and oxygen atoms in total. The molecule has 0 saturated heterocycles. The molecule has 252 valence electrons. The number of nitrogens with one attached hydrogen (secondary N) is 1. The van der Waals surface area contributed by atoms with Crippen molar-refractivity contribution in [3.63, 3.8) is 0 Å². The molecule has 6 heteroatoms. The number of nitrogens with zero attached hydrogens (tertiary/aromatic N) is 5. The molecule has 0 radical (unpaired) electrons. The largest absolute Gasteiger partial charge is 0.367 e. The first-order chi connectivity index (χ1) is 26.3.